The highest BCUT2D eigenvalue weighted by Crippen LogP contribution is 2.23. The molecule has 1 N–H and O–H groups in total. The van der Waals surface area contributed by atoms with E-state index in [2.05, 4.69) is 24.1 Å². The SMILES string of the molecule is CC(C)c1nccn1CCC(=O)Nc1ccc(N2CCCC2=O)cc1. The van der Waals surface area contributed by atoms with Crippen LogP contribution < -0.4 is 10.2 Å². The van der Waals surface area contributed by atoms with Gasteiger partial charge in [0.05, 0.1) is 0 Å². The van der Waals surface area contributed by atoms with Gasteiger partial charge in [0.2, 0.25) is 11.8 Å². The third-order valence-electron chi connectivity index (χ3n) is 4.38. The summed E-state index contributed by atoms with van der Waals surface area (Å²) in [6, 6.07) is 7.45. The number of hydrogen-bond donors (Lipinski definition) is 1. The van der Waals surface area contributed by atoms with Crippen LogP contribution in [0.25, 0.3) is 0 Å². The van der Waals surface area contributed by atoms with Gasteiger partial charge >= 0.3 is 0 Å². The third-order valence-corrected chi connectivity index (χ3v) is 4.38. The van der Waals surface area contributed by atoms with Crippen molar-refractivity contribution < 1.29 is 9.59 Å². The first-order valence-electron chi connectivity index (χ1n) is 8.76. The van der Waals surface area contributed by atoms with Gasteiger partial charge in [-0.3, -0.25) is 9.59 Å². The van der Waals surface area contributed by atoms with Crippen LogP contribution in [0.5, 0.6) is 0 Å². The summed E-state index contributed by atoms with van der Waals surface area (Å²) in [5.74, 6) is 1.46. The summed E-state index contributed by atoms with van der Waals surface area (Å²) in [6.45, 7) is 5.56. The van der Waals surface area contributed by atoms with Crippen molar-refractivity contribution in [3.8, 4) is 0 Å². The van der Waals surface area contributed by atoms with E-state index in [-0.39, 0.29) is 11.8 Å². The molecule has 1 saturated heterocycles. The molecule has 0 spiro atoms. The molecule has 0 bridgehead atoms. The largest absolute Gasteiger partial charge is 0.334 e. The molecular weight excluding hydrogens is 316 g/mol. The van der Waals surface area contributed by atoms with Crippen molar-refractivity contribution in [2.75, 3.05) is 16.8 Å². The first-order valence-corrected chi connectivity index (χ1v) is 8.76. The molecule has 2 heterocycles. The lowest BCUT2D eigenvalue weighted by Crippen LogP contribution is -2.23. The van der Waals surface area contributed by atoms with Crippen LogP contribution in [0.4, 0.5) is 11.4 Å². The molecule has 6 nitrogen and oxygen atoms in total. The van der Waals surface area contributed by atoms with Crippen molar-refractivity contribution >= 4 is 23.2 Å². The minimum absolute atomic E-state index is 0.0339. The monoisotopic (exact) mass is 340 g/mol. The van der Waals surface area contributed by atoms with E-state index in [0.29, 0.717) is 25.3 Å². The lowest BCUT2D eigenvalue weighted by atomic mass is 10.2. The molecule has 132 valence electrons. The Hall–Kier alpha value is -2.63. The number of benzene rings is 1. The summed E-state index contributed by atoms with van der Waals surface area (Å²) in [5.41, 5.74) is 1.63. The normalized spacial score (nSPS) is 14.4. The predicted octanol–water partition coefficient (Wildman–Crippen LogP) is 3.16. The molecule has 0 aliphatic carbocycles. The van der Waals surface area contributed by atoms with Gasteiger partial charge in [-0.25, -0.2) is 4.98 Å². The van der Waals surface area contributed by atoms with Gasteiger partial charge in [0.15, 0.2) is 0 Å². The van der Waals surface area contributed by atoms with Crippen LogP contribution in [0, 0.1) is 0 Å². The van der Waals surface area contributed by atoms with Crippen molar-refractivity contribution in [2.24, 2.45) is 0 Å². The van der Waals surface area contributed by atoms with Gasteiger partial charge in [-0.15, -0.1) is 0 Å². The van der Waals surface area contributed by atoms with Gasteiger partial charge in [-0.1, -0.05) is 13.8 Å². The summed E-state index contributed by atoms with van der Waals surface area (Å²) in [5, 5.41) is 2.91. The molecule has 3 rings (SSSR count). The van der Waals surface area contributed by atoms with E-state index in [1.165, 1.54) is 0 Å². The van der Waals surface area contributed by atoms with E-state index in [0.717, 1.165) is 30.2 Å². The van der Waals surface area contributed by atoms with Gasteiger partial charge < -0.3 is 14.8 Å². The Morgan fingerprint density at radius 1 is 1.28 bits per heavy atom. The maximum absolute atomic E-state index is 12.2. The fourth-order valence-electron chi connectivity index (χ4n) is 3.10. The maximum Gasteiger partial charge on any atom is 0.227 e. The molecule has 0 radical (unpaired) electrons. The highest BCUT2D eigenvalue weighted by molar-refractivity contribution is 5.96. The number of hydrogen-bond acceptors (Lipinski definition) is 3. The van der Waals surface area contributed by atoms with E-state index in [4.69, 9.17) is 0 Å². The van der Waals surface area contributed by atoms with Gasteiger partial charge in [-0.2, -0.15) is 0 Å². The van der Waals surface area contributed by atoms with E-state index in [9.17, 15) is 9.59 Å². The van der Waals surface area contributed by atoms with Crippen molar-refractivity contribution in [2.45, 2.75) is 45.6 Å². The number of amides is 2. The molecule has 0 unspecified atom stereocenters. The summed E-state index contributed by atoms with van der Waals surface area (Å²) in [4.78, 5) is 30.1. The zero-order valence-corrected chi connectivity index (χ0v) is 14.7. The predicted molar refractivity (Wildman–Crippen MR) is 97.6 cm³/mol. The molecule has 1 aliphatic heterocycles. The van der Waals surface area contributed by atoms with Gasteiger partial charge in [0, 0.05) is 55.6 Å². The molecule has 0 atom stereocenters. The Morgan fingerprint density at radius 3 is 2.68 bits per heavy atom. The van der Waals surface area contributed by atoms with Crippen LogP contribution in [-0.2, 0) is 16.1 Å². The number of carbonyl (C=O) groups excluding carboxylic acids is 2. The number of rotatable bonds is 6. The topological polar surface area (TPSA) is 67.2 Å². The molecule has 1 aliphatic rings. The molecule has 0 saturated carbocycles. The molecule has 25 heavy (non-hydrogen) atoms. The van der Waals surface area contributed by atoms with Gasteiger partial charge in [-0.05, 0) is 30.7 Å². The number of imidazole rings is 1. The zero-order valence-electron chi connectivity index (χ0n) is 14.7. The van der Waals surface area contributed by atoms with E-state index in [1.54, 1.807) is 11.1 Å². The van der Waals surface area contributed by atoms with Crippen molar-refractivity contribution in [3.05, 3.63) is 42.5 Å². The molecule has 1 aromatic heterocycles. The number of aryl methyl sites for hydroxylation is 1. The minimum Gasteiger partial charge on any atom is -0.334 e. The van der Waals surface area contributed by atoms with Crippen LogP contribution in [-0.4, -0.2) is 27.9 Å². The van der Waals surface area contributed by atoms with Crippen LogP contribution in [0.15, 0.2) is 36.7 Å². The van der Waals surface area contributed by atoms with E-state index >= 15 is 0 Å². The van der Waals surface area contributed by atoms with Crippen LogP contribution in [0.2, 0.25) is 0 Å². The number of anilines is 2. The summed E-state index contributed by atoms with van der Waals surface area (Å²) >= 11 is 0. The molecule has 1 fully saturated rings. The fraction of sp³-hybridized carbons (Fsp3) is 0.421. The Kier molecular flexibility index (Phi) is 5.16. The molecular formula is C19H24N4O2. The third kappa shape index (κ3) is 4.07. The number of nitrogens with one attached hydrogen (secondary N) is 1. The van der Waals surface area contributed by atoms with Crippen molar-refractivity contribution in [1.29, 1.82) is 0 Å². The van der Waals surface area contributed by atoms with Crippen LogP contribution in [0.1, 0.15) is 44.9 Å². The van der Waals surface area contributed by atoms with Crippen LogP contribution in [0.3, 0.4) is 0 Å². The molecule has 2 aromatic rings. The first kappa shape index (κ1) is 17.2. The lowest BCUT2D eigenvalue weighted by Gasteiger charge is -2.16. The zero-order chi connectivity index (χ0) is 17.8. The average Bonchev–Trinajstić information content (AvgIpc) is 3.22. The Balaban J connectivity index is 1.54. The second kappa shape index (κ2) is 7.51. The van der Waals surface area contributed by atoms with Crippen LogP contribution >= 0.6 is 0 Å². The smallest absolute Gasteiger partial charge is 0.227 e. The minimum atomic E-state index is -0.0339. The summed E-state index contributed by atoms with van der Waals surface area (Å²) < 4.78 is 2.02. The van der Waals surface area contributed by atoms with Gasteiger partial charge in [0.1, 0.15) is 5.82 Å². The second-order valence-electron chi connectivity index (χ2n) is 6.63. The number of aromatic nitrogens is 2. The summed E-state index contributed by atoms with van der Waals surface area (Å²) in [7, 11) is 0. The number of nitrogens with zero attached hydrogens (tertiary/aromatic N) is 3. The Bertz CT molecular complexity index is 749. The van der Waals surface area contributed by atoms with E-state index in [1.807, 2.05) is 35.0 Å². The first-order chi connectivity index (χ1) is 12.0. The van der Waals surface area contributed by atoms with Crippen molar-refractivity contribution in [3.63, 3.8) is 0 Å². The standard InChI is InChI=1S/C19H24N4O2/c1-14(2)19-20-10-13-22(19)12-9-17(24)21-15-5-7-16(8-6-15)23-11-3-4-18(23)25/h5-8,10,13-14H,3-4,9,11-12H2,1-2H3,(H,21,24). The number of carbonyl (C=O) groups is 2. The molecule has 2 amide bonds. The Labute approximate surface area is 147 Å². The van der Waals surface area contributed by atoms with E-state index < -0.39 is 0 Å². The Morgan fingerprint density at radius 2 is 2.04 bits per heavy atom. The fourth-order valence-corrected chi connectivity index (χ4v) is 3.10. The molecule has 6 heteroatoms. The quantitative estimate of drug-likeness (QED) is 0.878. The van der Waals surface area contributed by atoms with Gasteiger partial charge in [0.25, 0.3) is 0 Å². The highest BCUT2D eigenvalue weighted by Gasteiger charge is 2.21. The average molecular weight is 340 g/mol. The highest BCUT2D eigenvalue weighted by atomic mass is 16.2. The summed E-state index contributed by atoms with van der Waals surface area (Å²) in [6.07, 6.45) is 5.59. The van der Waals surface area contributed by atoms with Crippen molar-refractivity contribution in [1.82, 2.24) is 9.55 Å². The molecule has 1 aromatic carbocycles. The second-order valence-corrected chi connectivity index (χ2v) is 6.63. The maximum atomic E-state index is 12.2. The lowest BCUT2D eigenvalue weighted by molar-refractivity contribution is -0.117.